The summed E-state index contributed by atoms with van der Waals surface area (Å²) in [5.74, 6) is -0.305. The minimum Gasteiger partial charge on any atom is -0.356 e. The average Bonchev–Trinajstić information content (AvgIpc) is 2.41. The number of rotatable bonds is 3. The predicted octanol–water partition coefficient (Wildman–Crippen LogP) is 1.11. The lowest BCUT2D eigenvalue weighted by Gasteiger charge is -2.38. The van der Waals surface area contributed by atoms with Crippen LogP contribution in [0.3, 0.4) is 0 Å². The second-order valence-corrected chi connectivity index (χ2v) is 5.26. The van der Waals surface area contributed by atoms with Crippen LogP contribution in [0.5, 0.6) is 0 Å². The Morgan fingerprint density at radius 3 is 2.60 bits per heavy atom. The maximum atomic E-state index is 12.3. The van der Waals surface area contributed by atoms with Crippen molar-refractivity contribution in [3.63, 3.8) is 0 Å². The van der Waals surface area contributed by atoms with Crippen LogP contribution < -0.4 is 5.32 Å². The summed E-state index contributed by atoms with van der Waals surface area (Å²) in [5.41, 5.74) is 0.895. The molecule has 0 spiro atoms. The topological polar surface area (TPSA) is 58.6 Å². The van der Waals surface area contributed by atoms with Gasteiger partial charge in [0.25, 0.3) is 5.91 Å². The average molecular weight is 276 g/mol. The molecule has 5 heteroatoms. The number of ether oxygens (including phenoxy) is 1. The monoisotopic (exact) mass is 276 g/mol. The Morgan fingerprint density at radius 1 is 1.35 bits per heavy atom. The minimum absolute atomic E-state index is 0.0328. The summed E-state index contributed by atoms with van der Waals surface area (Å²) < 4.78 is 5.49. The van der Waals surface area contributed by atoms with Crippen LogP contribution in [-0.2, 0) is 14.3 Å². The number of amides is 2. The van der Waals surface area contributed by atoms with Gasteiger partial charge in [0.1, 0.15) is 6.61 Å². The summed E-state index contributed by atoms with van der Waals surface area (Å²) >= 11 is 0. The lowest BCUT2D eigenvalue weighted by atomic mass is 9.97. The Balaban J connectivity index is 2.29. The predicted molar refractivity (Wildman–Crippen MR) is 75.0 cm³/mol. The van der Waals surface area contributed by atoms with Crippen molar-refractivity contribution in [2.45, 2.75) is 32.0 Å². The third-order valence-electron chi connectivity index (χ3n) is 3.31. The SMILES string of the molecule is CC(C)NC(=O)[C@@H]1OCC(=O)N(C)[C@@H]1c1ccccc1. The molecule has 1 heterocycles. The molecule has 1 aromatic rings. The van der Waals surface area contributed by atoms with Crippen LogP contribution in [0.25, 0.3) is 0 Å². The maximum Gasteiger partial charge on any atom is 0.251 e. The Bertz CT molecular complexity index is 487. The molecule has 0 aromatic heterocycles. The minimum atomic E-state index is -0.678. The van der Waals surface area contributed by atoms with Gasteiger partial charge in [0.15, 0.2) is 6.10 Å². The first kappa shape index (κ1) is 14.5. The molecular formula is C15H20N2O3. The summed E-state index contributed by atoms with van der Waals surface area (Å²) in [7, 11) is 1.71. The quantitative estimate of drug-likeness (QED) is 0.899. The fourth-order valence-electron chi connectivity index (χ4n) is 2.35. The van der Waals surface area contributed by atoms with E-state index in [2.05, 4.69) is 5.32 Å². The van der Waals surface area contributed by atoms with E-state index in [1.54, 1.807) is 11.9 Å². The summed E-state index contributed by atoms with van der Waals surface area (Å²) in [6, 6.07) is 9.12. The number of morpholine rings is 1. The van der Waals surface area contributed by atoms with Crippen LogP contribution in [-0.4, -0.2) is 42.5 Å². The largest absolute Gasteiger partial charge is 0.356 e. The van der Waals surface area contributed by atoms with E-state index in [0.717, 1.165) is 5.56 Å². The Labute approximate surface area is 118 Å². The van der Waals surface area contributed by atoms with Crippen molar-refractivity contribution < 1.29 is 14.3 Å². The molecular weight excluding hydrogens is 256 g/mol. The molecule has 1 aromatic carbocycles. The van der Waals surface area contributed by atoms with Crippen LogP contribution in [0, 0.1) is 0 Å². The molecule has 2 atom stereocenters. The molecule has 0 aliphatic carbocycles. The number of likely N-dealkylation sites (N-methyl/N-ethyl adjacent to an activating group) is 1. The van der Waals surface area contributed by atoms with Gasteiger partial charge in [-0.3, -0.25) is 9.59 Å². The van der Waals surface area contributed by atoms with Crippen molar-refractivity contribution in [3.8, 4) is 0 Å². The van der Waals surface area contributed by atoms with Gasteiger partial charge in [0, 0.05) is 13.1 Å². The molecule has 1 fully saturated rings. The normalized spacial score (nSPS) is 23.0. The number of hydrogen-bond acceptors (Lipinski definition) is 3. The zero-order valence-corrected chi connectivity index (χ0v) is 12.0. The molecule has 2 rings (SSSR count). The lowest BCUT2D eigenvalue weighted by Crippen LogP contribution is -2.53. The van der Waals surface area contributed by atoms with Gasteiger partial charge in [-0.05, 0) is 19.4 Å². The molecule has 0 unspecified atom stereocenters. The van der Waals surface area contributed by atoms with Gasteiger partial charge in [-0.2, -0.15) is 0 Å². The molecule has 2 amide bonds. The zero-order valence-electron chi connectivity index (χ0n) is 12.0. The maximum absolute atomic E-state index is 12.3. The van der Waals surface area contributed by atoms with Gasteiger partial charge >= 0.3 is 0 Å². The van der Waals surface area contributed by atoms with Gasteiger partial charge in [0.05, 0.1) is 6.04 Å². The van der Waals surface area contributed by atoms with E-state index in [4.69, 9.17) is 4.74 Å². The molecule has 1 aliphatic rings. The standard InChI is InChI=1S/C15H20N2O3/c1-10(2)16-15(19)14-13(11-7-5-4-6-8-11)17(3)12(18)9-20-14/h4-8,10,13-14H,9H2,1-3H3,(H,16,19)/t13-,14-/m1/s1. The van der Waals surface area contributed by atoms with Crippen molar-refractivity contribution in [2.24, 2.45) is 0 Å². The molecule has 1 N–H and O–H groups in total. The number of carbonyl (C=O) groups excluding carboxylic acids is 2. The Hall–Kier alpha value is -1.88. The fraction of sp³-hybridized carbons (Fsp3) is 0.467. The number of benzene rings is 1. The number of nitrogens with one attached hydrogen (secondary N) is 1. The molecule has 108 valence electrons. The fourth-order valence-corrected chi connectivity index (χ4v) is 2.35. The van der Waals surface area contributed by atoms with Crippen molar-refractivity contribution in [1.82, 2.24) is 10.2 Å². The van der Waals surface area contributed by atoms with Gasteiger partial charge in [-0.25, -0.2) is 0 Å². The van der Waals surface area contributed by atoms with E-state index in [1.165, 1.54) is 0 Å². The highest BCUT2D eigenvalue weighted by Crippen LogP contribution is 2.29. The first-order valence-corrected chi connectivity index (χ1v) is 6.73. The molecule has 0 saturated carbocycles. The van der Waals surface area contributed by atoms with Crippen molar-refractivity contribution in [1.29, 1.82) is 0 Å². The number of hydrogen-bond donors (Lipinski definition) is 1. The second-order valence-electron chi connectivity index (χ2n) is 5.26. The smallest absolute Gasteiger partial charge is 0.251 e. The van der Waals surface area contributed by atoms with Crippen molar-refractivity contribution >= 4 is 11.8 Å². The highest BCUT2D eigenvalue weighted by atomic mass is 16.5. The molecule has 1 saturated heterocycles. The van der Waals surface area contributed by atoms with Crippen molar-refractivity contribution in [2.75, 3.05) is 13.7 Å². The highest BCUT2D eigenvalue weighted by Gasteiger charge is 2.39. The van der Waals surface area contributed by atoms with Gasteiger partial charge in [-0.15, -0.1) is 0 Å². The van der Waals surface area contributed by atoms with Gasteiger partial charge in [0.2, 0.25) is 5.91 Å². The third-order valence-corrected chi connectivity index (χ3v) is 3.31. The third kappa shape index (κ3) is 2.99. The zero-order chi connectivity index (χ0) is 14.7. The van der Waals surface area contributed by atoms with Crippen LogP contribution in [0.2, 0.25) is 0 Å². The number of nitrogens with zero attached hydrogens (tertiary/aromatic N) is 1. The molecule has 0 bridgehead atoms. The van der Waals surface area contributed by atoms with Crippen molar-refractivity contribution in [3.05, 3.63) is 35.9 Å². The Kier molecular flexibility index (Phi) is 4.39. The summed E-state index contributed by atoms with van der Waals surface area (Å²) in [6.07, 6.45) is -0.678. The molecule has 20 heavy (non-hydrogen) atoms. The van der Waals surface area contributed by atoms with Crippen LogP contribution in [0.4, 0.5) is 0 Å². The van der Waals surface area contributed by atoms with Crippen LogP contribution in [0.15, 0.2) is 30.3 Å². The number of carbonyl (C=O) groups is 2. The van der Waals surface area contributed by atoms with Crippen LogP contribution in [0.1, 0.15) is 25.5 Å². The summed E-state index contributed by atoms with van der Waals surface area (Å²) in [6.45, 7) is 3.73. The Morgan fingerprint density at radius 2 is 2.00 bits per heavy atom. The summed E-state index contributed by atoms with van der Waals surface area (Å²) in [5, 5.41) is 2.85. The first-order chi connectivity index (χ1) is 9.50. The highest BCUT2D eigenvalue weighted by molar-refractivity contribution is 5.86. The molecule has 1 aliphatic heterocycles. The molecule has 0 radical (unpaired) electrons. The van der Waals surface area contributed by atoms with E-state index < -0.39 is 12.1 Å². The van der Waals surface area contributed by atoms with Gasteiger partial charge in [-0.1, -0.05) is 30.3 Å². The van der Waals surface area contributed by atoms with E-state index in [1.807, 2.05) is 44.2 Å². The van der Waals surface area contributed by atoms with Gasteiger partial charge < -0.3 is 15.0 Å². The van der Waals surface area contributed by atoms with E-state index in [0.29, 0.717) is 0 Å². The van der Waals surface area contributed by atoms with Crippen LogP contribution >= 0.6 is 0 Å². The second kappa shape index (κ2) is 6.05. The van der Waals surface area contributed by atoms with E-state index in [-0.39, 0.29) is 24.5 Å². The molecule has 5 nitrogen and oxygen atoms in total. The first-order valence-electron chi connectivity index (χ1n) is 6.73. The summed E-state index contributed by atoms with van der Waals surface area (Å²) in [4.78, 5) is 25.7. The lowest BCUT2D eigenvalue weighted by molar-refractivity contribution is -0.162. The van der Waals surface area contributed by atoms with E-state index in [9.17, 15) is 9.59 Å². The van der Waals surface area contributed by atoms with E-state index >= 15 is 0 Å².